The van der Waals surface area contributed by atoms with E-state index in [1.807, 2.05) is 56.3 Å². The Hall–Kier alpha value is -4.35. The molecule has 0 aliphatic carbocycles. The van der Waals surface area contributed by atoms with E-state index in [1.54, 1.807) is 18.2 Å². The molecule has 0 fully saturated rings. The monoisotopic (exact) mass is 699 g/mol. The average Bonchev–Trinajstić information content (AvgIpc) is 3.06. The minimum Gasteiger partial charge on any atom is -0.354 e. The van der Waals surface area contributed by atoms with Crippen LogP contribution in [0.4, 0.5) is 18.9 Å². The van der Waals surface area contributed by atoms with Gasteiger partial charge in [-0.05, 0) is 60.4 Å². The smallest absolute Gasteiger partial charge is 0.354 e. The molecule has 4 rings (SSSR count). The van der Waals surface area contributed by atoms with Gasteiger partial charge in [0.25, 0.3) is 10.0 Å². The molecule has 0 unspecified atom stereocenters. The number of carbonyl (C=O) groups excluding carboxylic acids is 2. The van der Waals surface area contributed by atoms with Crippen molar-refractivity contribution in [2.75, 3.05) is 17.4 Å². The van der Waals surface area contributed by atoms with Crippen LogP contribution >= 0.6 is 11.6 Å². The van der Waals surface area contributed by atoms with Crippen LogP contribution in [0, 0.1) is 6.92 Å². The summed E-state index contributed by atoms with van der Waals surface area (Å²) in [4.78, 5) is 29.4. The van der Waals surface area contributed by atoms with E-state index in [9.17, 15) is 31.2 Å². The summed E-state index contributed by atoms with van der Waals surface area (Å²) in [5.74, 6) is -1.22. The number of alkyl halides is 3. The van der Waals surface area contributed by atoms with Crippen LogP contribution in [0.1, 0.15) is 42.0 Å². The van der Waals surface area contributed by atoms with Crippen LogP contribution < -0.4 is 9.62 Å². The predicted octanol–water partition coefficient (Wildman–Crippen LogP) is 7.42. The molecule has 0 radical (unpaired) electrons. The lowest BCUT2D eigenvalue weighted by Gasteiger charge is -2.34. The highest BCUT2D eigenvalue weighted by Crippen LogP contribution is 2.38. The first-order valence-corrected chi connectivity index (χ1v) is 17.2. The Labute approximate surface area is 284 Å². The van der Waals surface area contributed by atoms with Gasteiger partial charge in [0.2, 0.25) is 11.8 Å². The van der Waals surface area contributed by atoms with Crippen LogP contribution in [0.15, 0.2) is 108 Å². The van der Waals surface area contributed by atoms with Crippen molar-refractivity contribution in [3.63, 3.8) is 0 Å². The molecule has 0 heterocycles. The lowest BCUT2D eigenvalue weighted by Crippen LogP contribution is -2.53. The summed E-state index contributed by atoms with van der Waals surface area (Å²) in [5, 5.41) is 2.28. The van der Waals surface area contributed by atoms with Gasteiger partial charge in [-0.2, -0.15) is 13.2 Å². The second kappa shape index (κ2) is 16.2. The number of halogens is 4. The minimum atomic E-state index is -4.90. The van der Waals surface area contributed by atoms with Gasteiger partial charge in [-0.3, -0.25) is 13.9 Å². The number of rotatable bonds is 14. The number of unbranched alkanes of at least 4 members (excludes halogenated alkanes) is 1. The highest BCUT2D eigenvalue weighted by molar-refractivity contribution is 7.92. The molecule has 12 heteroatoms. The van der Waals surface area contributed by atoms with Gasteiger partial charge in [0.05, 0.1) is 21.2 Å². The van der Waals surface area contributed by atoms with Gasteiger partial charge in [0.1, 0.15) is 12.6 Å². The molecule has 0 saturated heterocycles. The zero-order valence-corrected chi connectivity index (χ0v) is 28.2. The normalized spacial score (nSPS) is 12.3. The highest BCUT2D eigenvalue weighted by Gasteiger charge is 2.37. The molecule has 48 heavy (non-hydrogen) atoms. The molecule has 4 aromatic carbocycles. The number of benzene rings is 4. The first-order chi connectivity index (χ1) is 22.8. The number of sulfonamides is 1. The van der Waals surface area contributed by atoms with Gasteiger partial charge in [-0.1, -0.05) is 97.7 Å². The summed E-state index contributed by atoms with van der Waals surface area (Å²) in [5.41, 5.74) is 0.648. The summed E-state index contributed by atoms with van der Waals surface area (Å²) in [6, 6.07) is 25.1. The van der Waals surface area contributed by atoms with Gasteiger partial charge in [0.15, 0.2) is 0 Å². The van der Waals surface area contributed by atoms with E-state index in [0.717, 1.165) is 29.7 Å². The number of carbonyl (C=O) groups is 2. The standard InChI is InChI=1S/C36H37ClF3N3O4S/c1-3-4-21-41-35(45)33(22-27-14-7-5-8-15-27)42(24-28-16-12-11-13-26(28)2)34(44)25-43(48(46,47)30-17-9-6-10-18-30)29-19-20-32(37)31(23-29)36(38,39)40/h5-20,23,33H,3-4,21-22,24-25H2,1-2H3,(H,41,45)/t33-/m1/s1. The Morgan fingerprint density at radius 3 is 2.15 bits per heavy atom. The molecule has 0 bridgehead atoms. The number of amides is 2. The van der Waals surface area contributed by atoms with Gasteiger partial charge in [-0.25, -0.2) is 8.42 Å². The van der Waals surface area contributed by atoms with E-state index in [4.69, 9.17) is 11.6 Å². The molecule has 1 atom stereocenters. The molecule has 0 aliphatic rings. The average molecular weight is 700 g/mol. The van der Waals surface area contributed by atoms with Crippen molar-refractivity contribution >= 4 is 39.1 Å². The number of nitrogens with one attached hydrogen (secondary N) is 1. The Morgan fingerprint density at radius 2 is 1.52 bits per heavy atom. The van der Waals surface area contributed by atoms with Crippen molar-refractivity contribution in [3.05, 3.63) is 130 Å². The fraction of sp³-hybridized carbons (Fsp3) is 0.278. The molecule has 4 aromatic rings. The Balaban J connectivity index is 1.85. The molecule has 254 valence electrons. The second-order valence-electron chi connectivity index (χ2n) is 11.3. The third-order valence-corrected chi connectivity index (χ3v) is 9.97. The molecule has 0 aliphatic heterocycles. The number of aryl methyl sites for hydroxylation is 1. The van der Waals surface area contributed by atoms with E-state index in [2.05, 4.69) is 5.32 Å². The largest absolute Gasteiger partial charge is 0.417 e. The molecule has 0 spiro atoms. The zero-order chi connectivity index (χ0) is 34.9. The lowest BCUT2D eigenvalue weighted by molar-refractivity contribution is -0.140. The maximum atomic E-state index is 14.5. The molecule has 7 nitrogen and oxygen atoms in total. The third kappa shape index (κ3) is 9.17. The van der Waals surface area contributed by atoms with Crippen LogP contribution in [-0.2, 0) is 38.8 Å². The van der Waals surface area contributed by atoms with Crippen molar-refractivity contribution in [3.8, 4) is 0 Å². The van der Waals surface area contributed by atoms with E-state index in [-0.39, 0.29) is 17.9 Å². The van der Waals surface area contributed by atoms with Crippen LogP contribution in [0.25, 0.3) is 0 Å². The summed E-state index contributed by atoms with van der Waals surface area (Å²) < 4.78 is 70.6. The molecule has 0 aromatic heterocycles. The number of hydrogen-bond donors (Lipinski definition) is 1. The van der Waals surface area contributed by atoms with Gasteiger partial charge < -0.3 is 10.2 Å². The third-order valence-electron chi connectivity index (χ3n) is 7.86. The molecular weight excluding hydrogens is 663 g/mol. The van der Waals surface area contributed by atoms with Crippen molar-refractivity contribution in [2.45, 2.75) is 56.8 Å². The minimum absolute atomic E-state index is 0.0577. The predicted molar refractivity (Wildman–Crippen MR) is 181 cm³/mol. The Morgan fingerprint density at radius 1 is 0.896 bits per heavy atom. The van der Waals surface area contributed by atoms with Crippen molar-refractivity contribution in [2.24, 2.45) is 0 Å². The lowest BCUT2D eigenvalue weighted by atomic mass is 10.0. The summed E-state index contributed by atoms with van der Waals surface area (Å²) >= 11 is 5.88. The van der Waals surface area contributed by atoms with E-state index in [0.29, 0.717) is 28.9 Å². The summed E-state index contributed by atoms with van der Waals surface area (Å²) in [7, 11) is -4.59. The topological polar surface area (TPSA) is 86.8 Å². The van der Waals surface area contributed by atoms with E-state index < -0.39 is 56.9 Å². The zero-order valence-electron chi connectivity index (χ0n) is 26.6. The second-order valence-corrected chi connectivity index (χ2v) is 13.6. The van der Waals surface area contributed by atoms with Crippen LogP contribution in [0.3, 0.4) is 0 Å². The molecular formula is C36H37ClF3N3O4S. The number of anilines is 1. The Bertz CT molecular complexity index is 1810. The number of nitrogens with zero attached hydrogens (tertiary/aromatic N) is 2. The molecule has 1 N–H and O–H groups in total. The summed E-state index contributed by atoms with van der Waals surface area (Å²) in [6.45, 7) is 3.24. The van der Waals surface area contributed by atoms with Gasteiger partial charge in [0, 0.05) is 19.5 Å². The van der Waals surface area contributed by atoms with Crippen molar-refractivity contribution in [1.29, 1.82) is 0 Å². The van der Waals surface area contributed by atoms with E-state index in [1.165, 1.54) is 29.2 Å². The number of hydrogen-bond acceptors (Lipinski definition) is 4. The highest BCUT2D eigenvalue weighted by atomic mass is 35.5. The quantitative estimate of drug-likeness (QED) is 0.139. The van der Waals surface area contributed by atoms with Crippen molar-refractivity contribution < 1.29 is 31.2 Å². The van der Waals surface area contributed by atoms with E-state index >= 15 is 0 Å². The fourth-order valence-electron chi connectivity index (χ4n) is 5.17. The first kappa shape index (κ1) is 36.5. The maximum Gasteiger partial charge on any atom is 0.417 e. The van der Waals surface area contributed by atoms with Gasteiger partial charge in [-0.15, -0.1) is 0 Å². The van der Waals surface area contributed by atoms with Gasteiger partial charge >= 0.3 is 6.18 Å². The maximum absolute atomic E-state index is 14.5. The van der Waals surface area contributed by atoms with Crippen LogP contribution in [-0.4, -0.2) is 44.3 Å². The van der Waals surface area contributed by atoms with Crippen LogP contribution in [0.5, 0.6) is 0 Å². The Kier molecular flexibility index (Phi) is 12.3. The molecule has 2 amide bonds. The first-order valence-electron chi connectivity index (χ1n) is 15.4. The SMILES string of the molecule is CCCCNC(=O)[C@@H](Cc1ccccc1)N(Cc1ccccc1C)C(=O)CN(c1ccc(Cl)c(C(F)(F)F)c1)S(=O)(=O)c1ccccc1. The molecule has 0 saturated carbocycles. The summed E-state index contributed by atoms with van der Waals surface area (Å²) in [6.07, 6.45) is -3.26. The van der Waals surface area contributed by atoms with Crippen LogP contribution in [0.2, 0.25) is 5.02 Å². The fourth-order valence-corrected chi connectivity index (χ4v) is 6.82. The van der Waals surface area contributed by atoms with Crippen molar-refractivity contribution in [1.82, 2.24) is 10.2 Å².